The van der Waals surface area contributed by atoms with Gasteiger partial charge in [0.05, 0.1) is 13.2 Å². The Hall–Kier alpha value is -4.20. The number of aliphatic hydroxyl groups is 1. The minimum Gasteiger partial charge on any atom is -0.383 e. The summed E-state index contributed by atoms with van der Waals surface area (Å²) in [6, 6.07) is 32.8. The second-order valence-electron chi connectivity index (χ2n) is 9.63. The lowest BCUT2D eigenvalue weighted by molar-refractivity contribution is -0.0942. The maximum atomic E-state index is 15.1. The van der Waals surface area contributed by atoms with Gasteiger partial charge in [0.25, 0.3) is 0 Å². The molecule has 4 aromatic carbocycles. The number of halogens is 2. The van der Waals surface area contributed by atoms with Gasteiger partial charge in [-0.3, -0.25) is 0 Å². The van der Waals surface area contributed by atoms with Crippen molar-refractivity contribution in [3.8, 4) is 0 Å². The first kappa shape index (κ1) is 26.4. The Morgan fingerprint density at radius 2 is 1.36 bits per heavy atom. The largest absolute Gasteiger partial charge is 0.383 e. The predicted molar refractivity (Wildman–Crippen MR) is 145 cm³/mol. The van der Waals surface area contributed by atoms with Gasteiger partial charge in [-0.25, -0.2) is 18.4 Å². The molecule has 198 valence electrons. The SMILES string of the molecule is C[C@@H](COC(c1ccccc1)(c1ccccc1)c1ccccc1)[C@@](O)(Cn1cncn1)c1ccc(F)cc1F. The van der Waals surface area contributed by atoms with Crippen molar-refractivity contribution in [1.29, 1.82) is 0 Å². The molecule has 0 aliphatic rings. The highest BCUT2D eigenvalue weighted by atomic mass is 19.1. The fourth-order valence-corrected chi connectivity index (χ4v) is 5.06. The molecule has 5 rings (SSSR count). The first-order valence-corrected chi connectivity index (χ1v) is 12.7. The molecule has 0 aliphatic carbocycles. The van der Waals surface area contributed by atoms with E-state index in [-0.39, 0.29) is 18.7 Å². The first-order valence-electron chi connectivity index (χ1n) is 12.7. The average molecular weight is 526 g/mol. The molecule has 5 nitrogen and oxygen atoms in total. The Labute approximate surface area is 226 Å². The minimum atomic E-state index is -1.79. The van der Waals surface area contributed by atoms with Crippen LogP contribution in [0, 0.1) is 17.6 Å². The van der Waals surface area contributed by atoms with Crippen molar-refractivity contribution in [1.82, 2.24) is 14.8 Å². The quantitative estimate of drug-likeness (QED) is 0.224. The zero-order chi connectivity index (χ0) is 27.3. The van der Waals surface area contributed by atoms with Crippen LogP contribution in [0.3, 0.4) is 0 Å². The summed E-state index contributed by atoms with van der Waals surface area (Å²) in [6.45, 7) is 1.71. The zero-order valence-electron chi connectivity index (χ0n) is 21.5. The van der Waals surface area contributed by atoms with E-state index in [1.165, 1.54) is 23.4 Å². The van der Waals surface area contributed by atoms with Gasteiger partial charge in [0.15, 0.2) is 0 Å². The number of nitrogens with zero attached hydrogens (tertiary/aromatic N) is 3. The van der Waals surface area contributed by atoms with E-state index in [4.69, 9.17) is 4.74 Å². The van der Waals surface area contributed by atoms with Crippen LogP contribution in [0.5, 0.6) is 0 Å². The van der Waals surface area contributed by atoms with Crippen molar-refractivity contribution in [2.75, 3.05) is 6.61 Å². The maximum Gasteiger partial charge on any atom is 0.143 e. The van der Waals surface area contributed by atoms with E-state index < -0.39 is 28.8 Å². The third-order valence-corrected chi connectivity index (χ3v) is 7.17. The predicted octanol–water partition coefficient (Wildman–Crippen LogP) is 6.09. The summed E-state index contributed by atoms with van der Waals surface area (Å²) in [7, 11) is 0. The monoisotopic (exact) mass is 525 g/mol. The Morgan fingerprint density at radius 1 is 0.821 bits per heavy atom. The lowest BCUT2D eigenvalue weighted by atomic mass is 9.79. The highest BCUT2D eigenvalue weighted by molar-refractivity contribution is 5.47. The average Bonchev–Trinajstić information content (AvgIpc) is 3.48. The van der Waals surface area contributed by atoms with Gasteiger partial charge in [-0.15, -0.1) is 0 Å². The van der Waals surface area contributed by atoms with Gasteiger partial charge in [-0.1, -0.05) is 104 Å². The Bertz CT molecular complexity index is 1390. The molecule has 0 saturated carbocycles. The molecular formula is C32H29F2N3O2. The van der Waals surface area contributed by atoms with E-state index in [0.29, 0.717) is 0 Å². The first-order chi connectivity index (χ1) is 18.9. The van der Waals surface area contributed by atoms with E-state index in [9.17, 15) is 9.50 Å². The second kappa shape index (κ2) is 11.3. The Morgan fingerprint density at radius 3 is 1.82 bits per heavy atom. The minimum absolute atomic E-state index is 0.0285. The number of aromatic nitrogens is 3. The normalized spacial score (nSPS) is 14.1. The number of rotatable bonds is 10. The standard InChI is InChI=1S/C32H29F2N3O2/c1-24(31(38,21-37-23-35-22-36-37)29-18-17-28(33)19-30(29)34)20-39-32(25-11-5-2-6-12-25,26-13-7-3-8-14-26)27-15-9-4-10-16-27/h2-19,22-24,38H,20-21H2,1H3/t24-,31-/m0/s1. The van der Waals surface area contributed by atoms with E-state index in [1.807, 2.05) is 91.0 Å². The lowest BCUT2D eigenvalue weighted by Crippen LogP contribution is -2.43. The van der Waals surface area contributed by atoms with Gasteiger partial charge in [0.1, 0.15) is 35.5 Å². The van der Waals surface area contributed by atoms with E-state index >= 15 is 4.39 Å². The molecular weight excluding hydrogens is 496 g/mol. The molecule has 2 atom stereocenters. The van der Waals surface area contributed by atoms with Crippen LogP contribution < -0.4 is 0 Å². The number of benzene rings is 4. The second-order valence-corrected chi connectivity index (χ2v) is 9.63. The van der Waals surface area contributed by atoms with Crippen LogP contribution in [0.2, 0.25) is 0 Å². The molecule has 1 aromatic heterocycles. The lowest BCUT2D eigenvalue weighted by Gasteiger charge is -2.40. The summed E-state index contributed by atoms with van der Waals surface area (Å²) in [4.78, 5) is 3.96. The van der Waals surface area contributed by atoms with Gasteiger partial charge >= 0.3 is 0 Å². The van der Waals surface area contributed by atoms with Crippen LogP contribution in [0.15, 0.2) is 122 Å². The molecule has 1 heterocycles. The number of hydrogen-bond donors (Lipinski definition) is 1. The summed E-state index contributed by atoms with van der Waals surface area (Å²) >= 11 is 0. The van der Waals surface area contributed by atoms with Crippen molar-refractivity contribution in [2.45, 2.75) is 24.7 Å². The zero-order valence-corrected chi connectivity index (χ0v) is 21.5. The van der Waals surface area contributed by atoms with Crippen molar-refractivity contribution in [3.63, 3.8) is 0 Å². The summed E-state index contributed by atoms with van der Waals surface area (Å²) in [5, 5.41) is 16.2. The maximum absolute atomic E-state index is 15.1. The van der Waals surface area contributed by atoms with Crippen LogP contribution in [0.25, 0.3) is 0 Å². The highest BCUT2D eigenvalue weighted by Crippen LogP contribution is 2.42. The third-order valence-electron chi connectivity index (χ3n) is 7.17. The Kier molecular flexibility index (Phi) is 7.63. The van der Waals surface area contributed by atoms with Gasteiger partial charge in [-0.2, -0.15) is 5.10 Å². The van der Waals surface area contributed by atoms with Crippen LogP contribution in [0.4, 0.5) is 8.78 Å². The van der Waals surface area contributed by atoms with Crippen molar-refractivity contribution in [3.05, 3.63) is 156 Å². The van der Waals surface area contributed by atoms with Crippen molar-refractivity contribution in [2.24, 2.45) is 5.92 Å². The van der Waals surface area contributed by atoms with Crippen LogP contribution >= 0.6 is 0 Å². The molecule has 0 aliphatic heterocycles. The fourth-order valence-electron chi connectivity index (χ4n) is 5.06. The molecule has 5 aromatic rings. The highest BCUT2D eigenvalue weighted by Gasteiger charge is 2.43. The smallest absolute Gasteiger partial charge is 0.143 e. The third kappa shape index (κ3) is 5.24. The van der Waals surface area contributed by atoms with Gasteiger partial charge in [-0.05, 0) is 22.8 Å². The van der Waals surface area contributed by atoms with Gasteiger partial charge in [0.2, 0.25) is 0 Å². The van der Waals surface area contributed by atoms with Gasteiger partial charge < -0.3 is 9.84 Å². The van der Waals surface area contributed by atoms with Crippen molar-refractivity contribution < 1.29 is 18.6 Å². The van der Waals surface area contributed by atoms with Crippen LogP contribution in [0.1, 0.15) is 29.2 Å². The number of ether oxygens (including phenoxy) is 1. The summed E-state index contributed by atoms with van der Waals surface area (Å²) < 4.78 is 37.3. The molecule has 1 N–H and O–H groups in total. The fraction of sp³-hybridized carbons (Fsp3) is 0.188. The molecule has 7 heteroatoms. The molecule has 0 amide bonds. The molecule has 0 fully saturated rings. The molecule has 0 radical (unpaired) electrons. The summed E-state index contributed by atoms with van der Waals surface area (Å²) in [5.41, 5.74) is -0.137. The topological polar surface area (TPSA) is 60.2 Å². The number of hydrogen-bond acceptors (Lipinski definition) is 4. The molecule has 39 heavy (non-hydrogen) atoms. The van der Waals surface area contributed by atoms with Gasteiger partial charge in [0, 0.05) is 17.5 Å². The summed E-state index contributed by atoms with van der Waals surface area (Å²) in [5.74, 6) is -2.22. The molecule has 0 unspecified atom stereocenters. The van der Waals surface area contributed by atoms with Crippen LogP contribution in [-0.2, 0) is 22.5 Å². The van der Waals surface area contributed by atoms with E-state index in [1.54, 1.807) is 6.92 Å². The Balaban J connectivity index is 1.60. The molecule has 0 spiro atoms. The van der Waals surface area contributed by atoms with Crippen molar-refractivity contribution >= 4 is 0 Å². The van der Waals surface area contributed by atoms with E-state index in [0.717, 1.165) is 28.8 Å². The molecule has 0 bridgehead atoms. The summed E-state index contributed by atoms with van der Waals surface area (Å²) in [6.07, 6.45) is 2.79. The molecule has 0 saturated heterocycles. The van der Waals surface area contributed by atoms with Crippen LogP contribution in [-0.4, -0.2) is 26.5 Å². The van der Waals surface area contributed by atoms with E-state index in [2.05, 4.69) is 10.1 Å².